The summed E-state index contributed by atoms with van der Waals surface area (Å²) in [5, 5.41) is 3.43. The number of aryl methyl sites for hydroxylation is 1. The molecule has 2 amide bonds. The van der Waals surface area contributed by atoms with Crippen molar-refractivity contribution in [3.8, 4) is 11.5 Å². The van der Waals surface area contributed by atoms with Crippen molar-refractivity contribution in [1.29, 1.82) is 0 Å². The molecular weight excluding hydrogens is 404 g/mol. The van der Waals surface area contributed by atoms with Gasteiger partial charge in [-0.15, -0.1) is 0 Å². The second-order valence-electron chi connectivity index (χ2n) is 7.20. The number of amides is 2. The van der Waals surface area contributed by atoms with E-state index in [9.17, 15) is 9.59 Å². The molecule has 6 nitrogen and oxygen atoms in total. The molecule has 30 heavy (non-hydrogen) atoms. The Morgan fingerprint density at radius 3 is 2.43 bits per heavy atom. The highest BCUT2D eigenvalue weighted by atomic mass is 35.5. The SMILES string of the molecule is CCNC(=O)[C@@H](C)N(Cc1ccc(Cl)cc1)C(=O)CCc1ccc2c(c1)OCCO2. The van der Waals surface area contributed by atoms with Gasteiger partial charge in [-0.05, 0) is 55.7 Å². The summed E-state index contributed by atoms with van der Waals surface area (Å²) in [6.07, 6.45) is 0.839. The molecule has 1 atom stereocenters. The molecule has 160 valence electrons. The minimum Gasteiger partial charge on any atom is -0.486 e. The molecule has 0 aromatic heterocycles. The van der Waals surface area contributed by atoms with Crippen LogP contribution in [0.25, 0.3) is 0 Å². The van der Waals surface area contributed by atoms with E-state index in [0.717, 1.165) is 16.9 Å². The Balaban J connectivity index is 1.70. The number of rotatable bonds is 8. The molecule has 1 N–H and O–H groups in total. The van der Waals surface area contributed by atoms with Gasteiger partial charge in [-0.25, -0.2) is 0 Å². The van der Waals surface area contributed by atoms with Gasteiger partial charge in [-0.3, -0.25) is 9.59 Å². The number of ether oxygens (including phenoxy) is 2. The number of likely N-dealkylation sites (N-methyl/N-ethyl adjacent to an activating group) is 1. The molecule has 0 radical (unpaired) electrons. The van der Waals surface area contributed by atoms with Crippen LogP contribution >= 0.6 is 11.6 Å². The smallest absolute Gasteiger partial charge is 0.242 e. The summed E-state index contributed by atoms with van der Waals surface area (Å²) in [5.74, 6) is 1.18. The van der Waals surface area contributed by atoms with Gasteiger partial charge < -0.3 is 19.7 Å². The lowest BCUT2D eigenvalue weighted by molar-refractivity contribution is -0.140. The molecule has 0 fully saturated rings. The molecule has 1 aliphatic rings. The van der Waals surface area contributed by atoms with E-state index < -0.39 is 6.04 Å². The molecule has 2 aromatic rings. The van der Waals surface area contributed by atoms with E-state index in [0.29, 0.717) is 43.5 Å². The fourth-order valence-corrected chi connectivity index (χ4v) is 3.46. The zero-order chi connectivity index (χ0) is 21.5. The maximum atomic E-state index is 13.1. The van der Waals surface area contributed by atoms with Crippen LogP contribution in [0.1, 0.15) is 31.4 Å². The molecule has 0 unspecified atom stereocenters. The Morgan fingerprint density at radius 2 is 1.73 bits per heavy atom. The first kappa shape index (κ1) is 22.0. The van der Waals surface area contributed by atoms with Crippen LogP contribution in [-0.2, 0) is 22.6 Å². The van der Waals surface area contributed by atoms with Gasteiger partial charge in [0.1, 0.15) is 19.3 Å². The third-order valence-electron chi connectivity index (χ3n) is 5.02. The van der Waals surface area contributed by atoms with Crippen molar-refractivity contribution in [2.24, 2.45) is 0 Å². The topological polar surface area (TPSA) is 67.9 Å². The summed E-state index contributed by atoms with van der Waals surface area (Å²) in [4.78, 5) is 27.1. The molecule has 0 spiro atoms. The highest BCUT2D eigenvalue weighted by Crippen LogP contribution is 2.31. The van der Waals surface area contributed by atoms with Gasteiger partial charge >= 0.3 is 0 Å². The van der Waals surface area contributed by atoms with Crippen LogP contribution in [-0.4, -0.2) is 42.5 Å². The fraction of sp³-hybridized carbons (Fsp3) is 0.391. The first-order valence-corrected chi connectivity index (χ1v) is 10.6. The minimum atomic E-state index is -0.576. The van der Waals surface area contributed by atoms with Crippen LogP contribution in [0, 0.1) is 0 Å². The normalized spacial score (nSPS) is 13.4. The van der Waals surface area contributed by atoms with Crippen LogP contribution in [0.5, 0.6) is 11.5 Å². The first-order chi connectivity index (χ1) is 14.5. The minimum absolute atomic E-state index is 0.0846. The number of benzene rings is 2. The highest BCUT2D eigenvalue weighted by molar-refractivity contribution is 6.30. The van der Waals surface area contributed by atoms with Crippen LogP contribution in [0.3, 0.4) is 0 Å². The summed E-state index contributed by atoms with van der Waals surface area (Å²) in [6, 6.07) is 12.5. The molecule has 3 rings (SSSR count). The van der Waals surface area contributed by atoms with Crippen LogP contribution in [0.4, 0.5) is 0 Å². The summed E-state index contributed by atoms with van der Waals surface area (Å²) < 4.78 is 11.2. The number of nitrogens with one attached hydrogen (secondary N) is 1. The highest BCUT2D eigenvalue weighted by Gasteiger charge is 2.25. The van der Waals surface area contributed by atoms with E-state index in [2.05, 4.69) is 5.32 Å². The van der Waals surface area contributed by atoms with Gasteiger partial charge in [0.2, 0.25) is 11.8 Å². The van der Waals surface area contributed by atoms with E-state index >= 15 is 0 Å². The maximum absolute atomic E-state index is 13.1. The standard InChI is InChI=1S/C23H27ClN2O4/c1-3-25-23(28)16(2)26(15-18-4-8-19(24)9-5-18)22(27)11-7-17-6-10-20-21(14-17)30-13-12-29-20/h4-6,8-10,14,16H,3,7,11-13,15H2,1-2H3,(H,25,28)/t16-/m1/s1. The van der Waals surface area contributed by atoms with Gasteiger partial charge in [0.15, 0.2) is 11.5 Å². The molecular formula is C23H27ClN2O4. The lowest BCUT2D eigenvalue weighted by Crippen LogP contribution is -2.47. The number of hydrogen-bond acceptors (Lipinski definition) is 4. The van der Waals surface area contributed by atoms with Crippen molar-refractivity contribution in [2.75, 3.05) is 19.8 Å². The fourth-order valence-electron chi connectivity index (χ4n) is 3.33. The predicted octanol–water partition coefficient (Wildman–Crippen LogP) is 3.60. The van der Waals surface area contributed by atoms with Crippen molar-refractivity contribution in [3.63, 3.8) is 0 Å². The van der Waals surface area contributed by atoms with E-state index in [1.54, 1.807) is 24.0 Å². The van der Waals surface area contributed by atoms with E-state index in [1.807, 2.05) is 37.3 Å². The number of hydrogen-bond donors (Lipinski definition) is 1. The molecule has 2 aromatic carbocycles. The zero-order valence-electron chi connectivity index (χ0n) is 17.3. The monoisotopic (exact) mass is 430 g/mol. The van der Waals surface area contributed by atoms with Crippen molar-refractivity contribution in [3.05, 3.63) is 58.6 Å². The van der Waals surface area contributed by atoms with Crippen molar-refractivity contribution < 1.29 is 19.1 Å². The largest absolute Gasteiger partial charge is 0.486 e. The maximum Gasteiger partial charge on any atom is 0.242 e. The number of fused-ring (bicyclic) bond motifs is 1. The van der Waals surface area contributed by atoms with Crippen molar-refractivity contribution >= 4 is 23.4 Å². The Labute approximate surface area is 182 Å². The number of carbonyl (C=O) groups excluding carboxylic acids is 2. The number of halogens is 1. The molecule has 0 aliphatic carbocycles. The van der Waals surface area contributed by atoms with Gasteiger partial charge in [0, 0.05) is 24.5 Å². The van der Waals surface area contributed by atoms with Gasteiger partial charge in [-0.1, -0.05) is 29.8 Å². The lowest BCUT2D eigenvalue weighted by Gasteiger charge is -2.29. The average molecular weight is 431 g/mol. The summed E-state index contributed by atoms with van der Waals surface area (Å²) in [5.41, 5.74) is 1.91. The summed E-state index contributed by atoms with van der Waals surface area (Å²) in [6.45, 7) is 5.54. The van der Waals surface area contributed by atoms with Gasteiger partial charge in [0.05, 0.1) is 0 Å². The Morgan fingerprint density at radius 1 is 1.07 bits per heavy atom. The van der Waals surface area contributed by atoms with Crippen LogP contribution in [0.15, 0.2) is 42.5 Å². The lowest BCUT2D eigenvalue weighted by atomic mass is 10.1. The summed E-state index contributed by atoms with van der Waals surface area (Å²) >= 11 is 5.97. The van der Waals surface area contributed by atoms with E-state index in [-0.39, 0.29) is 18.2 Å². The third kappa shape index (κ3) is 5.66. The van der Waals surface area contributed by atoms with Gasteiger partial charge in [-0.2, -0.15) is 0 Å². The predicted molar refractivity (Wildman–Crippen MR) is 116 cm³/mol. The Bertz CT molecular complexity index is 885. The molecule has 0 bridgehead atoms. The number of nitrogens with zero attached hydrogens (tertiary/aromatic N) is 1. The Kier molecular flexibility index (Phi) is 7.57. The molecule has 1 heterocycles. The molecule has 7 heteroatoms. The number of carbonyl (C=O) groups is 2. The summed E-state index contributed by atoms with van der Waals surface area (Å²) in [7, 11) is 0. The van der Waals surface area contributed by atoms with Gasteiger partial charge in [0.25, 0.3) is 0 Å². The van der Waals surface area contributed by atoms with Crippen LogP contribution < -0.4 is 14.8 Å². The first-order valence-electron chi connectivity index (χ1n) is 10.2. The average Bonchev–Trinajstić information content (AvgIpc) is 2.76. The van der Waals surface area contributed by atoms with E-state index in [4.69, 9.17) is 21.1 Å². The second-order valence-corrected chi connectivity index (χ2v) is 7.63. The molecule has 0 saturated carbocycles. The third-order valence-corrected chi connectivity index (χ3v) is 5.27. The zero-order valence-corrected chi connectivity index (χ0v) is 18.1. The van der Waals surface area contributed by atoms with E-state index in [1.165, 1.54) is 0 Å². The quantitative estimate of drug-likeness (QED) is 0.694. The van der Waals surface area contributed by atoms with Crippen LogP contribution in [0.2, 0.25) is 5.02 Å². The van der Waals surface area contributed by atoms with Crippen molar-refractivity contribution in [2.45, 2.75) is 39.3 Å². The van der Waals surface area contributed by atoms with Crippen molar-refractivity contribution in [1.82, 2.24) is 10.2 Å². The second kappa shape index (κ2) is 10.3. The Hall–Kier alpha value is -2.73. The molecule has 0 saturated heterocycles. The molecule has 1 aliphatic heterocycles.